The van der Waals surface area contributed by atoms with Gasteiger partial charge < -0.3 is 18.5 Å². The molecule has 1 saturated carbocycles. The average molecular weight is 558 g/mol. The molecule has 3 aromatic rings. The molecule has 2 aliphatic rings. The van der Waals surface area contributed by atoms with Gasteiger partial charge in [0.1, 0.15) is 5.56 Å². The van der Waals surface area contributed by atoms with Gasteiger partial charge in [-0.3, -0.25) is 4.79 Å². The Balaban J connectivity index is 1.64. The van der Waals surface area contributed by atoms with E-state index in [1.807, 2.05) is 28.5 Å². The van der Waals surface area contributed by atoms with Crippen LogP contribution in [0.3, 0.4) is 0 Å². The standard InChI is InChI=1S/C28H35NO5S2Si/c1-28(2,3)37(6,7)34-21-12-13-35-27-19(21)14-22(36-27)17-10-11-18-23(25(17)32-4)29(16-8-9-16)15-20(24(18)30)26(31)33-5/h10-11,14-16,21H,8-9,12-13H2,1-7H3. The number of carbonyl (C=O) groups is 1. The van der Waals surface area contributed by atoms with Crippen LogP contribution >= 0.6 is 23.1 Å². The molecule has 0 radical (unpaired) electrons. The first-order valence-corrected chi connectivity index (χ1v) is 17.5. The maximum Gasteiger partial charge on any atom is 0.343 e. The number of benzene rings is 1. The topological polar surface area (TPSA) is 66.8 Å². The molecule has 3 heterocycles. The van der Waals surface area contributed by atoms with Gasteiger partial charge in [0.25, 0.3) is 0 Å². The first-order valence-electron chi connectivity index (χ1n) is 12.8. The number of fused-ring (bicyclic) bond motifs is 2. The van der Waals surface area contributed by atoms with Gasteiger partial charge in [-0.25, -0.2) is 4.79 Å². The number of methoxy groups -OCH3 is 2. The highest BCUT2D eigenvalue weighted by Gasteiger charge is 2.41. The highest BCUT2D eigenvalue weighted by atomic mass is 32.2. The number of hydrogen-bond acceptors (Lipinski definition) is 7. The molecule has 1 unspecified atom stereocenters. The van der Waals surface area contributed by atoms with Crippen LogP contribution in [0.15, 0.2) is 33.4 Å². The molecule has 37 heavy (non-hydrogen) atoms. The quantitative estimate of drug-likeness (QED) is 0.232. The maximum atomic E-state index is 13.3. The molecule has 1 fully saturated rings. The number of esters is 1. The van der Waals surface area contributed by atoms with Crippen LogP contribution in [0.4, 0.5) is 0 Å². The summed E-state index contributed by atoms with van der Waals surface area (Å²) >= 11 is 3.66. The van der Waals surface area contributed by atoms with E-state index < -0.39 is 14.3 Å². The van der Waals surface area contributed by atoms with Gasteiger partial charge in [-0.1, -0.05) is 20.8 Å². The number of pyridine rings is 1. The molecule has 0 N–H and O–H groups in total. The van der Waals surface area contributed by atoms with Gasteiger partial charge in [0.2, 0.25) is 5.43 Å². The lowest BCUT2D eigenvalue weighted by Crippen LogP contribution is -2.42. The highest BCUT2D eigenvalue weighted by Crippen LogP contribution is 2.51. The van der Waals surface area contributed by atoms with Gasteiger partial charge in [0.15, 0.2) is 14.1 Å². The van der Waals surface area contributed by atoms with Crippen LogP contribution in [-0.4, -0.2) is 38.8 Å². The fourth-order valence-corrected chi connectivity index (χ4v) is 8.55. The van der Waals surface area contributed by atoms with E-state index in [4.69, 9.17) is 13.9 Å². The molecule has 1 aliphatic heterocycles. The van der Waals surface area contributed by atoms with Crippen LogP contribution in [0.5, 0.6) is 5.75 Å². The smallest absolute Gasteiger partial charge is 0.343 e. The Kier molecular flexibility index (Phi) is 6.88. The van der Waals surface area contributed by atoms with Crippen LogP contribution in [-0.2, 0) is 9.16 Å². The Bertz CT molecular complexity index is 1430. The number of ether oxygens (including phenoxy) is 2. The van der Waals surface area contributed by atoms with Crippen molar-refractivity contribution in [2.24, 2.45) is 0 Å². The van der Waals surface area contributed by atoms with E-state index in [0.717, 1.165) is 41.0 Å². The molecule has 0 amide bonds. The predicted octanol–water partition coefficient (Wildman–Crippen LogP) is 7.42. The molecule has 0 saturated heterocycles. The van der Waals surface area contributed by atoms with E-state index in [1.165, 1.54) is 16.9 Å². The Morgan fingerprint density at radius 3 is 2.49 bits per heavy atom. The molecule has 1 aliphatic carbocycles. The molecule has 198 valence electrons. The van der Waals surface area contributed by atoms with Crippen molar-refractivity contribution < 1.29 is 18.7 Å². The minimum atomic E-state index is -1.93. The molecule has 2 aromatic heterocycles. The van der Waals surface area contributed by atoms with E-state index >= 15 is 0 Å². The summed E-state index contributed by atoms with van der Waals surface area (Å²) in [6.45, 7) is 11.5. The van der Waals surface area contributed by atoms with Crippen LogP contribution in [0.1, 0.15) is 68.1 Å². The lowest BCUT2D eigenvalue weighted by molar-refractivity contribution is 0.0598. The number of thiophene rings is 1. The molecule has 1 aromatic carbocycles. The SMILES string of the molecule is COC(=O)c1cn(C2CC2)c2c(OC)c(-c3cc4c(s3)SCCC4O[Si](C)(C)C(C)(C)C)ccc2c1=O. The summed E-state index contributed by atoms with van der Waals surface area (Å²) in [4.78, 5) is 26.7. The first kappa shape index (κ1) is 26.5. The summed E-state index contributed by atoms with van der Waals surface area (Å²) in [5.74, 6) is 1.10. The number of nitrogens with zero attached hydrogens (tertiary/aromatic N) is 1. The van der Waals surface area contributed by atoms with E-state index in [9.17, 15) is 9.59 Å². The molecular formula is C28H35NO5S2Si. The zero-order valence-electron chi connectivity index (χ0n) is 22.6. The van der Waals surface area contributed by atoms with Crippen LogP contribution < -0.4 is 10.2 Å². The van der Waals surface area contributed by atoms with E-state index in [-0.39, 0.29) is 28.2 Å². The number of thioether (sulfide) groups is 1. The predicted molar refractivity (Wildman–Crippen MR) is 154 cm³/mol. The van der Waals surface area contributed by atoms with Crippen molar-refractivity contribution in [3.8, 4) is 16.2 Å². The second-order valence-electron chi connectivity index (χ2n) is 11.4. The second-order valence-corrected chi connectivity index (χ2v) is 18.6. The van der Waals surface area contributed by atoms with Gasteiger partial charge in [0, 0.05) is 34.0 Å². The summed E-state index contributed by atoms with van der Waals surface area (Å²) in [5, 5.41) is 0.624. The van der Waals surface area contributed by atoms with Gasteiger partial charge in [-0.15, -0.1) is 23.1 Å². The number of aromatic nitrogens is 1. The molecule has 1 atom stereocenters. The number of carbonyl (C=O) groups excluding carboxylic acids is 1. The van der Waals surface area contributed by atoms with Crippen molar-refractivity contribution in [2.75, 3.05) is 20.0 Å². The summed E-state index contributed by atoms with van der Waals surface area (Å²) < 4.78 is 21.1. The lowest BCUT2D eigenvalue weighted by Gasteiger charge is -2.40. The number of rotatable bonds is 6. The monoisotopic (exact) mass is 557 g/mol. The fourth-order valence-electron chi connectivity index (χ4n) is 4.64. The van der Waals surface area contributed by atoms with Crippen molar-refractivity contribution in [3.63, 3.8) is 0 Å². The highest BCUT2D eigenvalue weighted by molar-refractivity contribution is 8.01. The van der Waals surface area contributed by atoms with Gasteiger partial charge >= 0.3 is 5.97 Å². The van der Waals surface area contributed by atoms with E-state index in [0.29, 0.717) is 11.1 Å². The maximum absolute atomic E-state index is 13.3. The van der Waals surface area contributed by atoms with Crippen molar-refractivity contribution in [1.29, 1.82) is 0 Å². The third kappa shape index (κ3) is 4.68. The summed E-state index contributed by atoms with van der Waals surface area (Å²) in [5.41, 5.74) is 2.70. The van der Waals surface area contributed by atoms with Gasteiger partial charge in [-0.2, -0.15) is 0 Å². The molecule has 5 rings (SSSR count). The summed E-state index contributed by atoms with van der Waals surface area (Å²) in [6, 6.07) is 6.28. The van der Waals surface area contributed by atoms with E-state index in [1.54, 1.807) is 24.6 Å². The van der Waals surface area contributed by atoms with Crippen LogP contribution in [0, 0.1) is 0 Å². The van der Waals surface area contributed by atoms with Crippen molar-refractivity contribution in [3.05, 3.63) is 45.7 Å². The Hall–Kier alpha value is -2.07. The molecule has 0 spiro atoms. The third-order valence-corrected chi connectivity index (χ3v) is 14.9. The van der Waals surface area contributed by atoms with Crippen molar-refractivity contribution in [1.82, 2.24) is 4.57 Å². The zero-order valence-corrected chi connectivity index (χ0v) is 25.2. The molecule has 0 bridgehead atoms. The Morgan fingerprint density at radius 2 is 1.86 bits per heavy atom. The summed E-state index contributed by atoms with van der Waals surface area (Å²) in [7, 11) is 1.03. The average Bonchev–Trinajstić information content (AvgIpc) is 3.60. The Labute approximate surface area is 227 Å². The van der Waals surface area contributed by atoms with Crippen molar-refractivity contribution >= 4 is 48.3 Å². The minimum absolute atomic E-state index is 0.0605. The molecule has 9 heteroatoms. The first-order chi connectivity index (χ1) is 17.5. The summed E-state index contributed by atoms with van der Waals surface area (Å²) in [6.07, 6.45) is 4.76. The largest absolute Gasteiger partial charge is 0.494 e. The minimum Gasteiger partial charge on any atom is -0.494 e. The second kappa shape index (κ2) is 9.59. The number of hydrogen-bond donors (Lipinski definition) is 0. The normalized spacial score (nSPS) is 18.1. The van der Waals surface area contributed by atoms with Crippen LogP contribution in [0.2, 0.25) is 18.1 Å². The van der Waals surface area contributed by atoms with Gasteiger partial charge in [0.05, 0.1) is 35.4 Å². The van der Waals surface area contributed by atoms with Crippen molar-refractivity contribution in [2.45, 2.75) is 74.5 Å². The lowest BCUT2D eigenvalue weighted by atomic mass is 10.0. The van der Waals surface area contributed by atoms with Gasteiger partial charge in [-0.05, 0) is 55.6 Å². The van der Waals surface area contributed by atoms with Crippen LogP contribution in [0.25, 0.3) is 21.3 Å². The zero-order chi connectivity index (χ0) is 26.7. The fraction of sp³-hybridized carbons (Fsp3) is 0.500. The Morgan fingerprint density at radius 1 is 1.14 bits per heavy atom. The molecule has 6 nitrogen and oxygen atoms in total. The molecular weight excluding hydrogens is 523 g/mol. The third-order valence-electron chi connectivity index (χ3n) is 7.89. The van der Waals surface area contributed by atoms with E-state index in [2.05, 4.69) is 39.9 Å².